The molecule has 0 fully saturated rings. The van der Waals surface area contributed by atoms with E-state index >= 15 is 0 Å². The minimum atomic E-state index is -0.533. The third-order valence-electron chi connectivity index (χ3n) is 2.89. The summed E-state index contributed by atoms with van der Waals surface area (Å²) in [5.74, 6) is 1.02. The third kappa shape index (κ3) is 8.10. The van der Waals surface area contributed by atoms with Gasteiger partial charge in [0, 0.05) is 0 Å². The van der Waals surface area contributed by atoms with Crippen LogP contribution in [-0.4, -0.2) is 24.3 Å². The van der Waals surface area contributed by atoms with E-state index < -0.39 is 11.7 Å². The number of carbonyl (C=O) groups is 1. The van der Waals surface area contributed by atoms with Crippen LogP contribution in [0, 0.1) is 17.2 Å². The molecule has 0 aliphatic rings. The van der Waals surface area contributed by atoms with E-state index in [1.54, 1.807) is 24.3 Å². The van der Waals surface area contributed by atoms with Gasteiger partial charge in [-0.05, 0) is 51.3 Å². The minimum Gasteiger partial charge on any atom is -0.491 e. The van der Waals surface area contributed by atoms with Gasteiger partial charge in [-0.3, -0.25) is 0 Å². The van der Waals surface area contributed by atoms with Crippen LogP contribution in [0.15, 0.2) is 24.3 Å². The molecule has 0 bridgehead atoms. The van der Waals surface area contributed by atoms with E-state index in [9.17, 15) is 4.79 Å². The van der Waals surface area contributed by atoms with Gasteiger partial charge in [-0.2, -0.15) is 5.26 Å². The Bertz CT molecular complexity index is 556. The fraction of sp³-hybridized carbons (Fsp3) is 0.556. The molecule has 5 heteroatoms. The number of nitrogens with zero attached hydrogens (tertiary/aromatic N) is 1. The van der Waals surface area contributed by atoms with Gasteiger partial charge in [0.05, 0.1) is 17.7 Å². The molecular weight excluding hydrogens is 292 g/mol. The maximum Gasteiger partial charge on any atom is 0.407 e. The lowest BCUT2D eigenvalue weighted by molar-refractivity contribution is 0.0480. The molecule has 0 spiro atoms. The van der Waals surface area contributed by atoms with Crippen LogP contribution < -0.4 is 10.1 Å². The average molecular weight is 318 g/mol. The van der Waals surface area contributed by atoms with Gasteiger partial charge in [0.15, 0.2) is 0 Å². The minimum absolute atomic E-state index is 0.157. The summed E-state index contributed by atoms with van der Waals surface area (Å²) in [5.41, 5.74) is 0.0112. The molecule has 0 heterocycles. The molecule has 0 aliphatic carbocycles. The number of nitriles is 1. The second-order valence-corrected chi connectivity index (χ2v) is 6.92. The van der Waals surface area contributed by atoms with Gasteiger partial charge < -0.3 is 14.8 Å². The van der Waals surface area contributed by atoms with Crippen molar-refractivity contribution in [1.29, 1.82) is 5.26 Å². The SMILES string of the molecule is CC(C)C[C@H](COc1cccc(C#N)c1)NC(=O)OC(C)(C)C. The summed E-state index contributed by atoms with van der Waals surface area (Å²) in [4.78, 5) is 11.9. The van der Waals surface area contributed by atoms with Crippen molar-refractivity contribution in [2.45, 2.75) is 52.7 Å². The molecule has 1 N–H and O–H groups in total. The Kier molecular flexibility index (Phi) is 6.89. The molecule has 1 aromatic carbocycles. The van der Waals surface area contributed by atoms with Crippen LogP contribution in [0.5, 0.6) is 5.75 Å². The van der Waals surface area contributed by atoms with E-state index in [2.05, 4.69) is 25.2 Å². The maximum absolute atomic E-state index is 11.9. The summed E-state index contributed by atoms with van der Waals surface area (Å²) in [6, 6.07) is 8.88. The molecule has 1 atom stereocenters. The second-order valence-electron chi connectivity index (χ2n) is 6.92. The summed E-state index contributed by atoms with van der Waals surface area (Å²) in [6.45, 7) is 9.97. The van der Waals surface area contributed by atoms with Crippen LogP contribution in [0.25, 0.3) is 0 Å². The van der Waals surface area contributed by atoms with Gasteiger partial charge in [-0.1, -0.05) is 19.9 Å². The molecular formula is C18H26N2O3. The number of rotatable bonds is 6. The number of hydrogen-bond acceptors (Lipinski definition) is 4. The summed E-state index contributed by atoms with van der Waals surface area (Å²) in [7, 11) is 0. The van der Waals surface area contributed by atoms with Gasteiger partial charge in [-0.15, -0.1) is 0 Å². The normalized spacial score (nSPS) is 12.4. The van der Waals surface area contributed by atoms with E-state index in [1.165, 1.54) is 0 Å². The van der Waals surface area contributed by atoms with Crippen LogP contribution in [-0.2, 0) is 4.74 Å². The van der Waals surface area contributed by atoms with Gasteiger partial charge in [0.2, 0.25) is 0 Å². The maximum atomic E-state index is 11.9. The molecule has 23 heavy (non-hydrogen) atoms. The molecule has 126 valence electrons. The number of ether oxygens (including phenoxy) is 2. The summed E-state index contributed by atoms with van der Waals surface area (Å²) >= 11 is 0. The zero-order valence-electron chi connectivity index (χ0n) is 14.6. The van der Waals surface area contributed by atoms with E-state index in [1.807, 2.05) is 20.8 Å². The Labute approximate surface area is 138 Å². The van der Waals surface area contributed by atoms with Crippen molar-refractivity contribution >= 4 is 6.09 Å². The third-order valence-corrected chi connectivity index (χ3v) is 2.89. The highest BCUT2D eigenvalue weighted by molar-refractivity contribution is 5.68. The highest BCUT2D eigenvalue weighted by Gasteiger charge is 2.20. The quantitative estimate of drug-likeness (QED) is 0.864. The van der Waals surface area contributed by atoms with E-state index in [4.69, 9.17) is 14.7 Å². The molecule has 0 unspecified atom stereocenters. The number of benzene rings is 1. The molecule has 5 nitrogen and oxygen atoms in total. The van der Waals surface area contributed by atoms with Crippen LogP contribution >= 0.6 is 0 Å². The lowest BCUT2D eigenvalue weighted by Gasteiger charge is -2.24. The zero-order chi connectivity index (χ0) is 17.5. The standard InChI is InChI=1S/C18H26N2O3/c1-13(2)9-15(20-17(21)23-18(3,4)5)12-22-16-8-6-7-14(10-16)11-19/h6-8,10,13,15H,9,12H2,1-5H3,(H,20,21)/t15-/m1/s1. The fourth-order valence-corrected chi connectivity index (χ4v) is 2.06. The first-order chi connectivity index (χ1) is 10.7. The number of nitrogens with one attached hydrogen (secondary N) is 1. The van der Waals surface area contributed by atoms with Crippen LogP contribution in [0.1, 0.15) is 46.6 Å². The molecule has 0 aromatic heterocycles. The molecule has 0 radical (unpaired) electrons. The molecule has 0 saturated carbocycles. The van der Waals surface area contributed by atoms with Gasteiger partial charge in [0.25, 0.3) is 0 Å². The lowest BCUT2D eigenvalue weighted by atomic mass is 10.0. The van der Waals surface area contributed by atoms with Crippen molar-refractivity contribution in [2.24, 2.45) is 5.92 Å². The van der Waals surface area contributed by atoms with Crippen LogP contribution in [0.2, 0.25) is 0 Å². The fourth-order valence-electron chi connectivity index (χ4n) is 2.06. The molecule has 0 saturated heterocycles. The monoisotopic (exact) mass is 318 g/mol. The number of hydrogen-bond donors (Lipinski definition) is 1. The Morgan fingerprint density at radius 1 is 1.35 bits per heavy atom. The predicted molar refractivity (Wildman–Crippen MR) is 89.3 cm³/mol. The Hall–Kier alpha value is -2.22. The first-order valence-electron chi connectivity index (χ1n) is 7.82. The van der Waals surface area contributed by atoms with Gasteiger partial charge >= 0.3 is 6.09 Å². The predicted octanol–water partition coefficient (Wildman–Crippen LogP) is 3.88. The van der Waals surface area contributed by atoms with Crippen molar-refractivity contribution in [3.63, 3.8) is 0 Å². The molecule has 1 aromatic rings. The average Bonchev–Trinajstić information content (AvgIpc) is 2.42. The highest BCUT2D eigenvalue weighted by Crippen LogP contribution is 2.15. The summed E-state index contributed by atoms with van der Waals surface area (Å²) in [5, 5.41) is 11.8. The van der Waals surface area contributed by atoms with E-state index in [0.717, 1.165) is 6.42 Å². The Morgan fingerprint density at radius 3 is 2.61 bits per heavy atom. The van der Waals surface area contributed by atoms with E-state index in [0.29, 0.717) is 23.8 Å². The smallest absolute Gasteiger partial charge is 0.407 e. The largest absolute Gasteiger partial charge is 0.491 e. The van der Waals surface area contributed by atoms with Crippen molar-refractivity contribution in [3.05, 3.63) is 29.8 Å². The van der Waals surface area contributed by atoms with Crippen LogP contribution in [0.3, 0.4) is 0 Å². The van der Waals surface area contributed by atoms with Crippen molar-refractivity contribution in [2.75, 3.05) is 6.61 Å². The molecule has 1 rings (SSSR count). The van der Waals surface area contributed by atoms with Gasteiger partial charge in [0.1, 0.15) is 18.0 Å². The van der Waals surface area contributed by atoms with Crippen molar-refractivity contribution < 1.29 is 14.3 Å². The summed E-state index contributed by atoms with van der Waals surface area (Å²) < 4.78 is 11.0. The topological polar surface area (TPSA) is 71.3 Å². The second kappa shape index (κ2) is 8.42. The first kappa shape index (κ1) is 18.8. The number of alkyl carbamates (subject to hydrolysis) is 1. The number of carbonyl (C=O) groups excluding carboxylic acids is 1. The number of amides is 1. The Balaban J connectivity index is 2.63. The van der Waals surface area contributed by atoms with Crippen molar-refractivity contribution in [1.82, 2.24) is 5.32 Å². The van der Waals surface area contributed by atoms with Gasteiger partial charge in [-0.25, -0.2) is 4.79 Å². The molecule has 1 amide bonds. The first-order valence-corrected chi connectivity index (χ1v) is 7.82. The Morgan fingerprint density at radius 2 is 2.04 bits per heavy atom. The van der Waals surface area contributed by atoms with Crippen LogP contribution in [0.4, 0.5) is 4.79 Å². The molecule has 0 aliphatic heterocycles. The zero-order valence-corrected chi connectivity index (χ0v) is 14.6. The summed E-state index contributed by atoms with van der Waals surface area (Å²) in [6.07, 6.45) is 0.328. The van der Waals surface area contributed by atoms with E-state index in [-0.39, 0.29) is 6.04 Å². The lowest BCUT2D eigenvalue weighted by Crippen LogP contribution is -2.42. The van der Waals surface area contributed by atoms with Crippen molar-refractivity contribution in [3.8, 4) is 11.8 Å². The highest BCUT2D eigenvalue weighted by atomic mass is 16.6.